The maximum Gasteiger partial charge on any atom is 0.263 e. The summed E-state index contributed by atoms with van der Waals surface area (Å²) in [6.45, 7) is 6.00. The number of hydrogen-bond acceptors (Lipinski definition) is 5. The van der Waals surface area contributed by atoms with Gasteiger partial charge in [0.25, 0.3) is 5.91 Å². The molecule has 0 aliphatic carbocycles. The first-order valence-corrected chi connectivity index (χ1v) is 8.45. The van der Waals surface area contributed by atoms with Crippen LogP contribution in [0, 0.1) is 13.8 Å². The summed E-state index contributed by atoms with van der Waals surface area (Å²) in [5, 5.41) is 11.6. The average molecular weight is 341 g/mol. The molecule has 0 aliphatic heterocycles. The van der Waals surface area contributed by atoms with E-state index in [4.69, 9.17) is 0 Å². The Balaban J connectivity index is 1.77. The number of hydrogen-bond donors (Lipinski definition) is 1. The first-order chi connectivity index (χ1) is 11.5. The zero-order valence-corrected chi connectivity index (χ0v) is 14.9. The lowest BCUT2D eigenvalue weighted by atomic mass is 10.1. The number of aromatic nitrogens is 4. The van der Waals surface area contributed by atoms with Crippen molar-refractivity contribution >= 4 is 17.2 Å². The molecule has 1 atom stereocenters. The van der Waals surface area contributed by atoms with Crippen molar-refractivity contribution in [2.24, 2.45) is 7.05 Å². The summed E-state index contributed by atoms with van der Waals surface area (Å²) in [6, 6.07) is 6.00. The summed E-state index contributed by atoms with van der Waals surface area (Å²) in [4.78, 5) is 17.4. The topological polar surface area (TPSA) is 72.7 Å². The summed E-state index contributed by atoms with van der Waals surface area (Å²) in [5.41, 5.74) is 3.43. The molecule has 1 amide bonds. The summed E-state index contributed by atoms with van der Waals surface area (Å²) in [5.74, 6) is 0.557. The normalized spacial score (nSPS) is 12.2. The van der Waals surface area contributed by atoms with E-state index in [9.17, 15) is 4.79 Å². The molecule has 0 aliphatic rings. The van der Waals surface area contributed by atoms with Gasteiger partial charge in [-0.3, -0.25) is 4.79 Å². The van der Waals surface area contributed by atoms with Gasteiger partial charge in [-0.2, -0.15) is 0 Å². The molecule has 6 nitrogen and oxygen atoms in total. The molecule has 0 bridgehead atoms. The van der Waals surface area contributed by atoms with E-state index in [1.807, 2.05) is 20.0 Å². The number of benzene rings is 1. The van der Waals surface area contributed by atoms with Gasteiger partial charge in [-0.15, -0.1) is 21.5 Å². The quantitative estimate of drug-likeness (QED) is 0.791. The van der Waals surface area contributed by atoms with Crippen LogP contribution in [-0.2, 0) is 7.05 Å². The highest BCUT2D eigenvalue weighted by molar-refractivity contribution is 7.16. The number of carbonyl (C=O) groups excluding carboxylic acids is 1. The van der Waals surface area contributed by atoms with Gasteiger partial charge in [-0.25, -0.2) is 4.98 Å². The van der Waals surface area contributed by atoms with Gasteiger partial charge in [0.2, 0.25) is 0 Å². The molecule has 1 unspecified atom stereocenters. The summed E-state index contributed by atoms with van der Waals surface area (Å²) >= 11 is 1.39. The van der Waals surface area contributed by atoms with Crippen molar-refractivity contribution in [2.75, 3.05) is 0 Å². The largest absolute Gasteiger partial charge is 0.342 e. The minimum Gasteiger partial charge on any atom is -0.342 e. The van der Waals surface area contributed by atoms with Crippen LogP contribution >= 0.6 is 11.3 Å². The fraction of sp³-hybridized carbons (Fsp3) is 0.294. The monoisotopic (exact) mass is 341 g/mol. The van der Waals surface area contributed by atoms with Crippen molar-refractivity contribution in [3.8, 4) is 10.6 Å². The number of amides is 1. The summed E-state index contributed by atoms with van der Waals surface area (Å²) < 4.78 is 1.79. The molecule has 0 spiro atoms. The highest BCUT2D eigenvalue weighted by Crippen LogP contribution is 2.28. The molecule has 1 aromatic carbocycles. The second-order valence-corrected chi connectivity index (χ2v) is 6.87. The molecule has 0 saturated carbocycles. The number of thiazole rings is 1. The zero-order chi connectivity index (χ0) is 17.3. The molecule has 124 valence electrons. The summed E-state index contributed by atoms with van der Waals surface area (Å²) in [7, 11) is 1.85. The number of nitrogens with one attached hydrogen (secondary N) is 1. The molecule has 0 fully saturated rings. The Morgan fingerprint density at radius 3 is 2.79 bits per heavy atom. The molecule has 3 rings (SSSR count). The first kappa shape index (κ1) is 16.3. The predicted octanol–water partition coefficient (Wildman–Crippen LogP) is 3.05. The number of nitrogens with zero attached hydrogens (tertiary/aromatic N) is 4. The molecule has 0 radical (unpaired) electrons. The summed E-state index contributed by atoms with van der Waals surface area (Å²) in [6.07, 6.45) is 3.24. The Kier molecular flexibility index (Phi) is 4.44. The smallest absolute Gasteiger partial charge is 0.263 e. The van der Waals surface area contributed by atoms with Crippen molar-refractivity contribution in [1.82, 2.24) is 25.1 Å². The lowest BCUT2D eigenvalue weighted by Gasteiger charge is -2.11. The van der Waals surface area contributed by atoms with E-state index in [0.717, 1.165) is 16.1 Å². The third-order valence-electron chi connectivity index (χ3n) is 3.82. The maximum atomic E-state index is 12.4. The van der Waals surface area contributed by atoms with E-state index in [2.05, 4.69) is 46.5 Å². The van der Waals surface area contributed by atoms with Gasteiger partial charge in [0, 0.05) is 12.6 Å². The van der Waals surface area contributed by atoms with Gasteiger partial charge in [0.15, 0.2) is 5.82 Å². The molecule has 24 heavy (non-hydrogen) atoms. The van der Waals surface area contributed by atoms with E-state index in [1.54, 1.807) is 17.1 Å². The molecule has 3 aromatic rings. The van der Waals surface area contributed by atoms with E-state index < -0.39 is 0 Å². The zero-order valence-electron chi connectivity index (χ0n) is 14.1. The van der Waals surface area contributed by atoms with E-state index in [0.29, 0.717) is 10.7 Å². The van der Waals surface area contributed by atoms with Crippen LogP contribution < -0.4 is 5.32 Å². The SMILES string of the molecule is Cc1ccc(-c2ncc(C(=O)NC(C)c3nncn3C)s2)c(C)c1. The Hall–Kier alpha value is -2.54. The van der Waals surface area contributed by atoms with Crippen LogP contribution in [0.4, 0.5) is 0 Å². The van der Waals surface area contributed by atoms with Gasteiger partial charge in [0.05, 0.1) is 12.2 Å². The Morgan fingerprint density at radius 1 is 1.33 bits per heavy atom. The van der Waals surface area contributed by atoms with E-state index in [1.165, 1.54) is 16.9 Å². The van der Waals surface area contributed by atoms with Crippen LogP contribution in [-0.4, -0.2) is 25.7 Å². The highest BCUT2D eigenvalue weighted by Gasteiger charge is 2.18. The van der Waals surface area contributed by atoms with Gasteiger partial charge >= 0.3 is 0 Å². The van der Waals surface area contributed by atoms with Crippen molar-refractivity contribution in [1.29, 1.82) is 0 Å². The van der Waals surface area contributed by atoms with Crippen molar-refractivity contribution in [3.05, 3.63) is 52.6 Å². The average Bonchev–Trinajstić information content (AvgIpc) is 3.16. The highest BCUT2D eigenvalue weighted by atomic mass is 32.1. The maximum absolute atomic E-state index is 12.4. The molecule has 2 aromatic heterocycles. The number of carbonyl (C=O) groups is 1. The number of rotatable bonds is 4. The van der Waals surface area contributed by atoms with E-state index >= 15 is 0 Å². The predicted molar refractivity (Wildman–Crippen MR) is 93.9 cm³/mol. The van der Waals surface area contributed by atoms with E-state index in [-0.39, 0.29) is 11.9 Å². The van der Waals surface area contributed by atoms with Gasteiger partial charge in [-0.05, 0) is 26.3 Å². The van der Waals surface area contributed by atoms with Gasteiger partial charge < -0.3 is 9.88 Å². The van der Waals surface area contributed by atoms with Gasteiger partial charge in [0.1, 0.15) is 16.2 Å². The van der Waals surface area contributed by atoms with Crippen molar-refractivity contribution in [3.63, 3.8) is 0 Å². The number of aryl methyl sites for hydroxylation is 3. The second kappa shape index (κ2) is 6.52. The van der Waals surface area contributed by atoms with Crippen LogP contribution in [0.1, 0.15) is 39.6 Å². The fourth-order valence-corrected chi connectivity index (χ4v) is 3.48. The van der Waals surface area contributed by atoms with Crippen LogP contribution in [0.15, 0.2) is 30.7 Å². The molecule has 0 saturated heterocycles. The molecular formula is C17H19N5OS. The molecule has 7 heteroatoms. The lowest BCUT2D eigenvalue weighted by Crippen LogP contribution is -2.27. The third-order valence-corrected chi connectivity index (χ3v) is 4.85. The van der Waals surface area contributed by atoms with Crippen LogP contribution in [0.5, 0.6) is 0 Å². The van der Waals surface area contributed by atoms with Crippen molar-refractivity contribution < 1.29 is 4.79 Å². The Morgan fingerprint density at radius 2 is 2.12 bits per heavy atom. The molecular weight excluding hydrogens is 322 g/mol. The van der Waals surface area contributed by atoms with Crippen molar-refractivity contribution in [2.45, 2.75) is 26.8 Å². The minimum atomic E-state index is -0.225. The Labute approximate surface area is 144 Å². The third kappa shape index (κ3) is 3.21. The van der Waals surface area contributed by atoms with Crippen LogP contribution in [0.25, 0.3) is 10.6 Å². The van der Waals surface area contributed by atoms with Crippen LogP contribution in [0.2, 0.25) is 0 Å². The molecule has 2 heterocycles. The Bertz CT molecular complexity index is 883. The second-order valence-electron chi connectivity index (χ2n) is 5.84. The minimum absolute atomic E-state index is 0.154. The van der Waals surface area contributed by atoms with Crippen LogP contribution in [0.3, 0.4) is 0 Å². The van der Waals surface area contributed by atoms with Gasteiger partial charge in [-0.1, -0.05) is 23.8 Å². The first-order valence-electron chi connectivity index (χ1n) is 7.64. The fourth-order valence-electron chi connectivity index (χ4n) is 2.57. The lowest BCUT2D eigenvalue weighted by molar-refractivity contribution is 0.0941. The standard InChI is InChI=1S/C17H19N5OS/c1-10-5-6-13(11(2)7-10)17-18-8-14(24-17)16(23)20-12(3)15-21-19-9-22(15)4/h5-9,12H,1-4H3,(H,20,23). The molecule has 1 N–H and O–H groups in total.